The van der Waals surface area contributed by atoms with Crippen LogP contribution in [0.1, 0.15) is 83.1 Å². The predicted octanol–water partition coefficient (Wildman–Crippen LogP) is 10.0. The molecule has 2 saturated heterocycles. The van der Waals surface area contributed by atoms with E-state index in [1.54, 1.807) is 51.6 Å². The van der Waals surface area contributed by atoms with Crippen LogP contribution in [0.4, 0.5) is 11.4 Å². The largest absolute Gasteiger partial charge is 0.438 e. The lowest BCUT2D eigenvalue weighted by Gasteiger charge is -2.39. The summed E-state index contributed by atoms with van der Waals surface area (Å²) in [6.45, 7) is 19.6. The Morgan fingerprint density at radius 2 is 1.46 bits per heavy atom. The monoisotopic (exact) mass is 1170 g/mol. The van der Waals surface area contributed by atoms with Gasteiger partial charge in [-0.05, 0) is 137 Å². The molecule has 16 nitrogen and oxygen atoms in total. The van der Waals surface area contributed by atoms with E-state index in [2.05, 4.69) is 55.6 Å². The predicted molar refractivity (Wildman–Crippen MR) is 313 cm³/mol. The van der Waals surface area contributed by atoms with Crippen molar-refractivity contribution in [1.29, 1.82) is 0 Å². The molecule has 78 heavy (non-hydrogen) atoms. The van der Waals surface area contributed by atoms with Crippen LogP contribution < -0.4 is 14.9 Å². The molecule has 2 atom stereocenters. The number of hydrogen-bond acceptors (Lipinski definition) is 16. The van der Waals surface area contributed by atoms with Gasteiger partial charge in [0, 0.05) is 111 Å². The van der Waals surface area contributed by atoms with Crippen LogP contribution in [0.25, 0.3) is 5.57 Å². The molecule has 426 valence electrons. The van der Waals surface area contributed by atoms with Gasteiger partial charge in [0.25, 0.3) is 15.9 Å². The molecule has 0 saturated carbocycles. The molecule has 0 aromatic heterocycles. The van der Waals surface area contributed by atoms with E-state index < -0.39 is 51.5 Å². The van der Waals surface area contributed by atoms with Gasteiger partial charge < -0.3 is 29.3 Å². The van der Waals surface area contributed by atoms with E-state index in [0.717, 1.165) is 93.0 Å². The molecule has 4 aromatic carbocycles. The highest BCUT2D eigenvalue weighted by molar-refractivity contribution is 7.99. The van der Waals surface area contributed by atoms with E-state index in [9.17, 15) is 31.0 Å². The first kappa shape index (κ1) is 61.4. The molecule has 1 unspecified atom stereocenters. The number of esters is 1. The highest BCUT2D eigenvalue weighted by Crippen LogP contribution is 2.48. The Morgan fingerprint density at radius 3 is 2.09 bits per heavy atom. The van der Waals surface area contributed by atoms with Gasteiger partial charge in [-0.3, -0.25) is 23.6 Å². The first-order valence-electron chi connectivity index (χ1n) is 26.8. The maximum absolute atomic E-state index is 13.8. The van der Waals surface area contributed by atoms with Gasteiger partial charge in [0.2, 0.25) is 6.79 Å². The number of piperazine rings is 2. The van der Waals surface area contributed by atoms with Crippen LogP contribution in [-0.2, 0) is 43.0 Å². The molecular formula is C57H78ClN6O10PS3. The van der Waals surface area contributed by atoms with Crippen molar-refractivity contribution in [2.45, 2.75) is 88.0 Å². The molecule has 1 aliphatic carbocycles. The zero-order valence-electron chi connectivity index (χ0n) is 46.2. The Kier molecular flexibility index (Phi) is 21.2. The highest BCUT2D eigenvalue weighted by atomic mass is 35.5. The molecule has 4 aromatic rings. The quantitative estimate of drug-likeness (QED) is 0.0292. The topological polar surface area (TPSA) is 184 Å². The second kappa shape index (κ2) is 27.0. The summed E-state index contributed by atoms with van der Waals surface area (Å²) >= 11 is 7.85. The average Bonchev–Trinajstić information content (AvgIpc) is 3.48. The number of ether oxygens (including phenoxy) is 1. The van der Waals surface area contributed by atoms with E-state index in [4.69, 9.17) is 25.4 Å². The third kappa shape index (κ3) is 17.9. The molecule has 0 spiro atoms. The third-order valence-electron chi connectivity index (χ3n) is 14.4. The molecule has 0 radical (unpaired) electrons. The van der Waals surface area contributed by atoms with Crippen molar-refractivity contribution >= 4 is 79.6 Å². The van der Waals surface area contributed by atoms with Crippen LogP contribution in [-0.4, -0.2) is 153 Å². The van der Waals surface area contributed by atoms with Crippen molar-refractivity contribution in [3.63, 3.8) is 0 Å². The molecule has 0 bridgehead atoms. The Bertz CT molecular complexity index is 2980. The molecular weight excluding hydrogens is 1090 g/mol. The SMILES string of the molecule is CCOP(=O)(CCN1CCN(CC[C@H](CSc2ccccc2)Nc2ccc(S(=O)(=O)NC(=O)c3ccc(N4CCN(CC5=C(c6ccc(Cl)cc6)CCC(C)(C)C5)CC4)cc3)cc2S(C)(=O)=O)CC1)OCOC(=O)C(C)(C)C. The molecule has 3 aliphatic rings. The molecule has 7 rings (SSSR count). The van der Waals surface area contributed by atoms with E-state index >= 15 is 0 Å². The summed E-state index contributed by atoms with van der Waals surface area (Å²) in [7, 11) is -12.0. The molecule has 2 heterocycles. The van der Waals surface area contributed by atoms with Gasteiger partial charge in [-0.1, -0.05) is 61.4 Å². The zero-order valence-corrected chi connectivity index (χ0v) is 50.3. The van der Waals surface area contributed by atoms with Gasteiger partial charge in [0.05, 0.1) is 33.7 Å². The van der Waals surface area contributed by atoms with Gasteiger partial charge in [0.1, 0.15) is 0 Å². The number of rotatable bonds is 24. The normalized spacial score (nSPS) is 18.3. The first-order valence-corrected chi connectivity index (χ1v) is 33.3. The van der Waals surface area contributed by atoms with Crippen LogP contribution >= 0.6 is 31.0 Å². The molecule has 2 N–H and O–H groups in total. The summed E-state index contributed by atoms with van der Waals surface area (Å²) in [4.78, 5) is 35.5. The second-order valence-electron chi connectivity index (χ2n) is 22.2. The number of anilines is 2. The lowest BCUT2D eigenvalue weighted by Crippen LogP contribution is -2.48. The van der Waals surface area contributed by atoms with Crippen molar-refractivity contribution in [2.24, 2.45) is 10.8 Å². The number of carbonyl (C=O) groups excluding carboxylic acids is 2. The summed E-state index contributed by atoms with van der Waals surface area (Å²) in [6, 6.07) is 28.6. The van der Waals surface area contributed by atoms with Crippen molar-refractivity contribution < 1.29 is 44.8 Å². The van der Waals surface area contributed by atoms with E-state index in [1.807, 2.05) is 54.6 Å². The molecule has 1 amide bonds. The van der Waals surface area contributed by atoms with Crippen molar-refractivity contribution in [3.05, 3.63) is 119 Å². The number of thioether (sulfide) groups is 1. The number of amides is 1. The summed E-state index contributed by atoms with van der Waals surface area (Å²) in [5.74, 6) is -0.708. The number of halogens is 1. The highest BCUT2D eigenvalue weighted by Gasteiger charge is 2.32. The Morgan fingerprint density at radius 1 is 0.821 bits per heavy atom. The number of hydrogen-bond donors (Lipinski definition) is 2. The zero-order chi connectivity index (χ0) is 56.3. The number of nitrogens with zero attached hydrogens (tertiary/aromatic N) is 4. The Balaban J connectivity index is 0.939. The minimum absolute atomic E-state index is 0.144. The van der Waals surface area contributed by atoms with E-state index in [-0.39, 0.29) is 45.3 Å². The number of allylic oxidation sites excluding steroid dienone is 1. The maximum Gasteiger partial charge on any atom is 0.334 e. The van der Waals surface area contributed by atoms with E-state index in [1.165, 1.54) is 28.8 Å². The molecule has 21 heteroatoms. The fourth-order valence-corrected chi connectivity index (χ4v) is 14.4. The summed E-state index contributed by atoms with van der Waals surface area (Å²) < 4.78 is 86.3. The Hall–Kier alpha value is -4.27. The van der Waals surface area contributed by atoms with Gasteiger partial charge >= 0.3 is 13.6 Å². The van der Waals surface area contributed by atoms with Crippen molar-refractivity contribution in [1.82, 2.24) is 19.4 Å². The van der Waals surface area contributed by atoms with Crippen LogP contribution in [0.2, 0.25) is 5.02 Å². The second-order valence-corrected chi connectivity index (χ2v) is 29.6. The van der Waals surface area contributed by atoms with Crippen LogP contribution in [0.5, 0.6) is 0 Å². The lowest BCUT2D eigenvalue weighted by atomic mass is 9.73. The fraction of sp³-hybridized carbons (Fsp3) is 0.509. The number of nitrogens with one attached hydrogen (secondary N) is 2. The average molecular weight is 1170 g/mol. The van der Waals surface area contributed by atoms with Gasteiger partial charge in [-0.25, -0.2) is 21.6 Å². The van der Waals surface area contributed by atoms with Gasteiger partial charge in [0.15, 0.2) is 9.84 Å². The Labute approximate surface area is 472 Å². The van der Waals surface area contributed by atoms with Crippen LogP contribution in [0, 0.1) is 10.8 Å². The smallest absolute Gasteiger partial charge is 0.334 e. The minimum atomic E-state index is -4.50. The number of benzene rings is 4. The third-order valence-corrected chi connectivity index (χ3v) is 20.2. The van der Waals surface area contributed by atoms with E-state index in [0.29, 0.717) is 38.4 Å². The summed E-state index contributed by atoms with van der Waals surface area (Å²) in [5.41, 5.74) is 5.02. The summed E-state index contributed by atoms with van der Waals surface area (Å²) in [5, 5.41) is 4.18. The van der Waals surface area contributed by atoms with Crippen molar-refractivity contribution in [2.75, 3.05) is 114 Å². The fourth-order valence-electron chi connectivity index (χ4n) is 9.87. The number of sulfonamides is 1. The first-order chi connectivity index (χ1) is 36.9. The van der Waals surface area contributed by atoms with Gasteiger partial charge in [-0.15, -0.1) is 11.8 Å². The minimum Gasteiger partial charge on any atom is -0.438 e. The maximum atomic E-state index is 13.8. The van der Waals surface area contributed by atoms with Gasteiger partial charge in [-0.2, -0.15) is 0 Å². The standard InChI is InChI=1S/C57H78ClN6O10PS3/c1-8-73-75(67,74-42-72-55(66)56(2,3)4)37-36-62-30-28-61(29-31-62)27-25-47(41-76-49-12-10-9-11-13-49)59-52-23-22-50(38-53(52)77(7,68)69)78(70,71)60-54(65)44-16-20-48(21-17-44)64-34-32-63(33-35-64)40-45-39-57(5,6)26-24-51(45)43-14-18-46(58)19-15-43/h9-23,38,47,59H,8,24-37,39-42H2,1-7H3,(H,60,65)/t47-,75?/m1/s1. The van der Waals surface area contributed by atoms with Crippen LogP contribution in [0.15, 0.2) is 117 Å². The van der Waals surface area contributed by atoms with Crippen molar-refractivity contribution in [3.8, 4) is 0 Å². The van der Waals surface area contributed by atoms with Crippen LogP contribution in [0.3, 0.4) is 0 Å². The lowest BCUT2D eigenvalue weighted by molar-refractivity contribution is -0.160. The molecule has 2 fully saturated rings. The molecule has 2 aliphatic heterocycles. The number of carbonyl (C=O) groups is 2. The number of sulfone groups is 1. The summed E-state index contributed by atoms with van der Waals surface area (Å²) in [6.07, 6.45) is 5.05.